The zero-order valence-corrected chi connectivity index (χ0v) is 11.1. The predicted molar refractivity (Wildman–Crippen MR) is 73.0 cm³/mol. The molecule has 0 amide bonds. The molecule has 2 rings (SSSR count). The third-order valence-corrected chi connectivity index (χ3v) is 4.02. The second kappa shape index (κ2) is 4.55. The van der Waals surface area contributed by atoms with E-state index in [0.717, 1.165) is 29.5 Å². The molecule has 0 bridgehead atoms. The molecule has 0 atom stereocenters. The number of aryl methyl sites for hydroxylation is 1. The fourth-order valence-electron chi connectivity index (χ4n) is 2.43. The summed E-state index contributed by atoms with van der Waals surface area (Å²) in [6, 6.07) is 1.96. The van der Waals surface area contributed by atoms with Crippen molar-refractivity contribution in [2.75, 3.05) is 17.6 Å². The van der Waals surface area contributed by atoms with Gasteiger partial charge in [0.1, 0.15) is 5.82 Å². The van der Waals surface area contributed by atoms with E-state index in [2.05, 4.69) is 24.1 Å². The Bertz CT molecular complexity index is 394. The summed E-state index contributed by atoms with van der Waals surface area (Å²) < 4.78 is 0. The van der Waals surface area contributed by atoms with Crippen LogP contribution in [0.5, 0.6) is 0 Å². The largest absolute Gasteiger partial charge is 0.397 e. The molecule has 1 aromatic rings. The van der Waals surface area contributed by atoms with Crippen molar-refractivity contribution in [3.63, 3.8) is 0 Å². The van der Waals surface area contributed by atoms with Crippen LogP contribution in [0, 0.1) is 18.3 Å². The number of nitrogen functional groups attached to an aromatic ring is 1. The van der Waals surface area contributed by atoms with E-state index in [0.29, 0.717) is 5.41 Å². The lowest BCUT2D eigenvalue weighted by atomic mass is 9.67. The minimum atomic E-state index is 0.355. The van der Waals surface area contributed by atoms with E-state index in [1.54, 1.807) is 6.20 Å². The Hall–Kier alpha value is -1.25. The van der Waals surface area contributed by atoms with Crippen molar-refractivity contribution >= 4 is 11.5 Å². The maximum atomic E-state index is 5.70. The first-order chi connectivity index (χ1) is 7.99. The van der Waals surface area contributed by atoms with Gasteiger partial charge < -0.3 is 11.1 Å². The van der Waals surface area contributed by atoms with Gasteiger partial charge in [0.25, 0.3) is 0 Å². The van der Waals surface area contributed by atoms with E-state index in [9.17, 15) is 0 Å². The number of aromatic nitrogens is 1. The van der Waals surface area contributed by atoms with Crippen molar-refractivity contribution in [1.29, 1.82) is 0 Å². The SMILES string of the molecule is Cc1cc(N)cnc1NCC(C)(C)C1CCC1. The second-order valence-corrected chi connectivity index (χ2v) is 5.90. The Kier molecular flexibility index (Phi) is 3.27. The van der Waals surface area contributed by atoms with E-state index in [4.69, 9.17) is 5.73 Å². The average molecular weight is 233 g/mol. The van der Waals surface area contributed by atoms with E-state index < -0.39 is 0 Å². The Morgan fingerprint density at radius 2 is 2.18 bits per heavy atom. The molecule has 1 aliphatic carbocycles. The van der Waals surface area contributed by atoms with Gasteiger partial charge in [0, 0.05) is 6.54 Å². The highest BCUT2D eigenvalue weighted by Gasteiger charge is 2.33. The van der Waals surface area contributed by atoms with Crippen LogP contribution in [0.1, 0.15) is 38.7 Å². The number of hydrogen-bond donors (Lipinski definition) is 2. The zero-order valence-electron chi connectivity index (χ0n) is 11.1. The summed E-state index contributed by atoms with van der Waals surface area (Å²) in [5, 5.41) is 3.46. The second-order valence-electron chi connectivity index (χ2n) is 5.90. The number of nitrogens with zero attached hydrogens (tertiary/aromatic N) is 1. The summed E-state index contributed by atoms with van der Waals surface area (Å²) in [5.41, 5.74) is 7.90. The van der Waals surface area contributed by atoms with Crippen LogP contribution in [-0.2, 0) is 0 Å². The van der Waals surface area contributed by atoms with Gasteiger partial charge in [-0.15, -0.1) is 0 Å². The number of nitrogens with one attached hydrogen (secondary N) is 1. The van der Waals surface area contributed by atoms with Gasteiger partial charge in [0.2, 0.25) is 0 Å². The molecule has 1 saturated carbocycles. The lowest BCUT2D eigenvalue weighted by molar-refractivity contribution is 0.134. The molecular formula is C14H23N3. The third kappa shape index (κ3) is 2.71. The van der Waals surface area contributed by atoms with E-state index >= 15 is 0 Å². The van der Waals surface area contributed by atoms with Gasteiger partial charge in [0.15, 0.2) is 0 Å². The van der Waals surface area contributed by atoms with Crippen LogP contribution in [0.25, 0.3) is 0 Å². The lowest BCUT2D eigenvalue weighted by Crippen LogP contribution is -2.35. The predicted octanol–water partition coefficient (Wildman–Crippen LogP) is 3.21. The molecule has 3 N–H and O–H groups in total. The molecule has 3 heteroatoms. The summed E-state index contributed by atoms with van der Waals surface area (Å²) in [6.45, 7) is 7.71. The monoisotopic (exact) mass is 233 g/mol. The Morgan fingerprint density at radius 3 is 2.71 bits per heavy atom. The smallest absolute Gasteiger partial charge is 0.129 e. The van der Waals surface area contributed by atoms with Gasteiger partial charge in [0.05, 0.1) is 11.9 Å². The van der Waals surface area contributed by atoms with Crippen LogP contribution in [-0.4, -0.2) is 11.5 Å². The normalized spacial score (nSPS) is 16.6. The highest BCUT2D eigenvalue weighted by molar-refractivity contribution is 5.50. The van der Waals surface area contributed by atoms with Crippen molar-refractivity contribution in [2.24, 2.45) is 11.3 Å². The van der Waals surface area contributed by atoms with E-state index in [1.165, 1.54) is 19.3 Å². The van der Waals surface area contributed by atoms with Crippen LogP contribution in [0.2, 0.25) is 0 Å². The highest BCUT2D eigenvalue weighted by Crippen LogP contribution is 2.41. The van der Waals surface area contributed by atoms with Gasteiger partial charge in [-0.1, -0.05) is 20.3 Å². The number of rotatable bonds is 4. The molecule has 1 fully saturated rings. The Morgan fingerprint density at radius 1 is 1.47 bits per heavy atom. The standard InChI is InChI=1S/C14H23N3/c1-10-7-12(15)8-16-13(10)17-9-14(2,3)11-5-4-6-11/h7-8,11H,4-6,9,15H2,1-3H3,(H,16,17). The molecule has 94 valence electrons. The Labute approximate surface area is 104 Å². The molecular weight excluding hydrogens is 210 g/mol. The molecule has 1 aliphatic rings. The fourth-order valence-corrected chi connectivity index (χ4v) is 2.43. The molecule has 3 nitrogen and oxygen atoms in total. The Balaban J connectivity index is 1.97. The average Bonchev–Trinajstić information content (AvgIpc) is 2.12. The molecule has 0 radical (unpaired) electrons. The van der Waals surface area contributed by atoms with Gasteiger partial charge in [-0.05, 0) is 42.7 Å². The molecule has 0 spiro atoms. The summed E-state index contributed by atoms with van der Waals surface area (Å²) in [7, 11) is 0. The van der Waals surface area contributed by atoms with Crippen LogP contribution in [0.3, 0.4) is 0 Å². The number of nitrogens with two attached hydrogens (primary N) is 1. The molecule has 1 heterocycles. The minimum absolute atomic E-state index is 0.355. The van der Waals surface area contributed by atoms with Crippen LogP contribution in [0.15, 0.2) is 12.3 Å². The first-order valence-corrected chi connectivity index (χ1v) is 6.45. The maximum absolute atomic E-state index is 5.70. The topological polar surface area (TPSA) is 50.9 Å². The van der Waals surface area contributed by atoms with Gasteiger partial charge in [-0.25, -0.2) is 4.98 Å². The molecule has 17 heavy (non-hydrogen) atoms. The van der Waals surface area contributed by atoms with Crippen molar-refractivity contribution in [2.45, 2.75) is 40.0 Å². The first kappa shape index (κ1) is 12.2. The highest BCUT2D eigenvalue weighted by atomic mass is 15.0. The van der Waals surface area contributed by atoms with Gasteiger partial charge >= 0.3 is 0 Å². The summed E-state index contributed by atoms with van der Waals surface area (Å²) in [4.78, 5) is 4.35. The summed E-state index contributed by atoms with van der Waals surface area (Å²) in [5.74, 6) is 1.83. The first-order valence-electron chi connectivity index (χ1n) is 6.45. The van der Waals surface area contributed by atoms with Crippen LogP contribution >= 0.6 is 0 Å². The van der Waals surface area contributed by atoms with E-state index in [-0.39, 0.29) is 0 Å². The summed E-state index contributed by atoms with van der Waals surface area (Å²) >= 11 is 0. The minimum Gasteiger partial charge on any atom is -0.397 e. The zero-order chi connectivity index (χ0) is 12.5. The third-order valence-electron chi connectivity index (χ3n) is 4.02. The molecule has 0 aliphatic heterocycles. The van der Waals surface area contributed by atoms with Gasteiger partial charge in [-0.2, -0.15) is 0 Å². The molecule has 0 unspecified atom stereocenters. The number of hydrogen-bond acceptors (Lipinski definition) is 3. The van der Waals surface area contributed by atoms with Crippen molar-refractivity contribution in [1.82, 2.24) is 4.98 Å². The molecule has 1 aromatic heterocycles. The van der Waals surface area contributed by atoms with Crippen LogP contribution < -0.4 is 11.1 Å². The lowest BCUT2D eigenvalue weighted by Gasteiger charge is -2.40. The van der Waals surface area contributed by atoms with Crippen LogP contribution in [0.4, 0.5) is 11.5 Å². The number of pyridine rings is 1. The quantitative estimate of drug-likeness (QED) is 0.839. The summed E-state index contributed by atoms with van der Waals surface area (Å²) in [6.07, 6.45) is 5.87. The fraction of sp³-hybridized carbons (Fsp3) is 0.643. The van der Waals surface area contributed by atoms with Gasteiger partial charge in [-0.3, -0.25) is 0 Å². The molecule has 0 aromatic carbocycles. The molecule has 0 saturated heterocycles. The van der Waals surface area contributed by atoms with E-state index in [1.807, 2.05) is 13.0 Å². The van der Waals surface area contributed by atoms with Crippen molar-refractivity contribution in [3.05, 3.63) is 17.8 Å². The number of anilines is 2. The van der Waals surface area contributed by atoms with Crippen molar-refractivity contribution in [3.8, 4) is 0 Å². The van der Waals surface area contributed by atoms with Crippen molar-refractivity contribution < 1.29 is 0 Å². The maximum Gasteiger partial charge on any atom is 0.129 e.